The van der Waals surface area contributed by atoms with E-state index in [1.165, 1.54) is 12.4 Å². The third kappa shape index (κ3) is 2.42. The van der Waals surface area contributed by atoms with Gasteiger partial charge in [-0.15, -0.1) is 0 Å². The second-order valence-electron chi connectivity index (χ2n) is 7.79. The highest BCUT2D eigenvalue weighted by Gasteiger charge is 2.72. The predicted octanol–water partition coefficient (Wildman–Crippen LogP) is 0.688. The molecule has 2 aromatic rings. The number of aliphatic hydroxyl groups is 1. The largest absolute Gasteiger partial charge is 0.449 e. The van der Waals surface area contributed by atoms with Crippen LogP contribution in [0.5, 0.6) is 0 Å². The van der Waals surface area contributed by atoms with Gasteiger partial charge < -0.3 is 20.3 Å². The minimum absolute atomic E-state index is 0.0131. The van der Waals surface area contributed by atoms with Crippen molar-refractivity contribution in [1.82, 2.24) is 25.2 Å². The molecule has 2 amide bonds. The van der Waals surface area contributed by atoms with Gasteiger partial charge in [-0.2, -0.15) is 13.2 Å². The number of nitrogens with zero attached hydrogens (tertiary/aromatic N) is 3. The van der Waals surface area contributed by atoms with Gasteiger partial charge in [-0.3, -0.25) is 14.6 Å². The maximum absolute atomic E-state index is 12.8. The molecule has 3 aliphatic rings. The molecule has 1 aliphatic heterocycles. The average molecular weight is 395 g/mol. The number of hydrogen-bond donors (Lipinski definition) is 3. The minimum atomic E-state index is -4.66. The number of carbonyl (C=O) groups excluding carboxylic acids is 2. The fourth-order valence-corrected chi connectivity index (χ4v) is 4.31. The summed E-state index contributed by atoms with van der Waals surface area (Å²) in [6.07, 6.45) is -1.48. The fourth-order valence-electron chi connectivity index (χ4n) is 4.31. The van der Waals surface area contributed by atoms with Crippen molar-refractivity contribution in [2.45, 2.75) is 31.2 Å². The molecule has 3 fully saturated rings. The Morgan fingerprint density at radius 2 is 2.04 bits per heavy atom. The molecular weight excluding hydrogens is 379 g/mol. The smallest absolute Gasteiger partial charge is 0.393 e. The number of nitrogens with one attached hydrogen (secondary N) is 2. The van der Waals surface area contributed by atoms with E-state index < -0.39 is 23.3 Å². The standard InChI is InChI=1S/C17H16F3N5O3/c18-17(19,20)14-23-10-4-21-3-8(12(10)24-14)13(27)22-7-5-25(6-7)15(28)16-1-9(16)11(26)2-16/h3-4,7,9,11,26H,1-2,5-6H2,(H,22,27)(H,23,24)/t9-,11+,16-/m0/s1. The monoisotopic (exact) mass is 395 g/mol. The molecule has 0 bridgehead atoms. The van der Waals surface area contributed by atoms with E-state index >= 15 is 0 Å². The Labute approximate surface area is 156 Å². The summed E-state index contributed by atoms with van der Waals surface area (Å²) in [4.78, 5) is 36.0. The van der Waals surface area contributed by atoms with Gasteiger partial charge in [-0.05, 0) is 12.8 Å². The van der Waals surface area contributed by atoms with Crippen LogP contribution in [-0.4, -0.2) is 62.0 Å². The Balaban J connectivity index is 1.25. The highest BCUT2D eigenvalue weighted by molar-refractivity contribution is 6.04. The van der Waals surface area contributed by atoms with Gasteiger partial charge >= 0.3 is 6.18 Å². The predicted molar refractivity (Wildman–Crippen MR) is 87.9 cm³/mol. The van der Waals surface area contributed by atoms with E-state index in [4.69, 9.17) is 0 Å². The Morgan fingerprint density at radius 1 is 1.29 bits per heavy atom. The van der Waals surface area contributed by atoms with E-state index in [9.17, 15) is 27.9 Å². The van der Waals surface area contributed by atoms with Crippen LogP contribution in [0.1, 0.15) is 29.0 Å². The van der Waals surface area contributed by atoms with Crippen molar-refractivity contribution in [2.75, 3.05) is 13.1 Å². The molecule has 1 saturated heterocycles. The summed E-state index contributed by atoms with van der Waals surface area (Å²) in [7, 11) is 0. The van der Waals surface area contributed by atoms with Crippen molar-refractivity contribution in [1.29, 1.82) is 0 Å². The Hall–Kier alpha value is -2.69. The van der Waals surface area contributed by atoms with E-state index in [0.29, 0.717) is 19.5 Å². The van der Waals surface area contributed by atoms with Crippen molar-refractivity contribution in [3.8, 4) is 0 Å². The lowest BCUT2D eigenvalue weighted by Gasteiger charge is -2.43. The molecule has 0 radical (unpaired) electrons. The van der Waals surface area contributed by atoms with Crippen LogP contribution in [0.4, 0.5) is 13.2 Å². The molecule has 28 heavy (non-hydrogen) atoms. The number of carbonyl (C=O) groups is 2. The molecule has 11 heteroatoms. The highest BCUT2D eigenvalue weighted by Crippen LogP contribution is 2.68. The van der Waals surface area contributed by atoms with E-state index in [0.717, 1.165) is 6.42 Å². The number of aromatic amines is 1. The lowest BCUT2D eigenvalue weighted by Crippen LogP contribution is -2.63. The third-order valence-electron chi connectivity index (χ3n) is 6.01. The van der Waals surface area contributed by atoms with Crippen LogP contribution in [0.2, 0.25) is 0 Å². The van der Waals surface area contributed by atoms with Crippen molar-refractivity contribution < 1.29 is 27.9 Å². The number of halogens is 3. The van der Waals surface area contributed by atoms with E-state index in [1.54, 1.807) is 4.90 Å². The van der Waals surface area contributed by atoms with E-state index in [2.05, 4.69) is 20.3 Å². The van der Waals surface area contributed by atoms with Crippen LogP contribution in [-0.2, 0) is 11.0 Å². The summed E-state index contributed by atoms with van der Waals surface area (Å²) in [5.41, 5.74) is -0.535. The number of aromatic nitrogens is 3. The summed E-state index contributed by atoms with van der Waals surface area (Å²) < 4.78 is 38.5. The van der Waals surface area contributed by atoms with E-state index in [-0.39, 0.29) is 40.6 Å². The normalized spacial score (nSPS) is 29.1. The van der Waals surface area contributed by atoms with Gasteiger partial charge in [-0.25, -0.2) is 4.98 Å². The van der Waals surface area contributed by atoms with Crippen LogP contribution in [0.3, 0.4) is 0 Å². The first-order valence-corrected chi connectivity index (χ1v) is 8.88. The molecule has 0 aromatic carbocycles. The zero-order valence-corrected chi connectivity index (χ0v) is 14.5. The Bertz CT molecular complexity index is 1000. The van der Waals surface area contributed by atoms with Crippen LogP contribution < -0.4 is 5.32 Å². The molecule has 3 N–H and O–H groups in total. The van der Waals surface area contributed by atoms with Gasteiger partial charge in [-0.1, -0.05) is 0 Å². The molecule has 2 aromatic heterocycles. The first-order chi connectivity index (χ1) is 13.2. The van der Waals surface area contributed by atoms with Gasteiger partial charge in [0.15, 0.2) is 0 Å². The maximum atomic E-state index is 12.8. The highest BCUT2D eigenvalue weighted by atomic mass is 19.4. The molecule has 2 saturated carbocycles. The van der Waals surface area contributed by atoms with Crippen LogP contribution in [0.25, 0.3) is 11.0 Å². The number of fused-ring (bicyclic) bond motifs is 2. The lowest BCUT2D eigenvalue weighted by atomic mass is 9.80. The molecule has 0 unspecified atom stereocenters. The zero-order chi connectivity index (χ0) is 19.8. The quantitative estimate of drug-likeness (QED) is 0.708. The second kappa shape index (κ2) is 5.43. The minimum Gasteiger partial charge on any atom is -0.393 e. The van der Waals surface area contributed by atoms with Crippen molar-refractivity contribution in [2.24, 2.45) is 11.3 Å². The lowest BCUT2D eigenvalue weighted by molar-refractivity contribution is -0.149. The van der Waals surface area contributed by atoms with Crippen LogP contribution in [0, 0.1) is 11.3 Å². The number of pyridine rings is 1. The number of hydrogen-bond acceptors (Lipinski definition) is 5. The van der Waals surface area contributed by atoms with Gasteiger partial charge in [0.25, 0.3) is 5.91 Å². The van der Waals surface area contributed by atoms with E-state index in [1.807, 2.05) is 0 Å². The number of imidazole rings is 1. The Kier molecular flexibility index (Phi) is 3.38. The number of amides is 2. The van der Waals surface area contributed by atoms with Crippen molar-refractivity contribution in [3.63, 3.8) is 0 Å². The van der Waals surface area contributed by atoms with Gasteiger partial charge in [0.05, 0.1) is 34.8 Å². The molecule has 3 atom stereocenters. The molecule has 5 rings (SSSR count). The number of likely N-dealkylation sites (tertiary alicyclic amines) is 1. The number of rotatable bonds is 3. The van der Waals surface area contributed by atoms with Gasteiger partial charge in [0.2, 0.25) is 11.7 Å². The molecule has 3 heterocycles. The third-order valence-corrected chi connectivity index (χ3v) is 6.01. The number of H-pyrrole nitrogens is 1. The first-order valence-electron chi connectivity index (χ1n) is 8.88. The summed E-state index contributed by atoms with van der Waals surface area (Å²) >= 11 is 0. The Morgan fingerprint density at radius 3 is 2.64 bits per heavy atom. The molecular formula is C17H16F3N5O3. The van der Waals surface area contributed by atoms with Gasteiger partial charge in [0, 0.05) is 25.2 Å². The molecule has 2 aliphatic carbocycles. The topological polar surface area (TPSA) is 111 Å². The summed E-state index contributed by atoms with van der Waals surface area (Å²) in [5, 5.41) is 12.3. The van der Waals surface area contributed by atoms with Crippen LogP contribution in [0.15, 0.2) is 12.4 Å². The maximum Gasteiger partial charge on any atom is 0.449 e. The van der Waals surface area contributed by atoms with Gasteiger partial charge in [0.1, 0.15) is 5.52 Å². The molecule has 8 nitrogen and oxygen atoms in total. The van der Waals surface area contributed by atoms with Crippen molar-refractivity contribution in [3.05, 3.63) is 23.8 Å². The summed E-state index contributed by atoms with van der Waals surface area (Å²) in [5.74, 6) is -1.69. The SMILES string of the molecule is O=C(NC1CN(C(=O)[C@@]23C[C@@H](O)[C@@H]2C3)C1)c1cncc2[nH]c(C(F)(F)F)nc12. The number of alkyl halides is 3. The van der Waals surface area contributed by atoms with Crippen LogP contribution >= 0.6 is 0 Å². The number of aliphatic hydroxyl groups excluding tert-OH is 1. The first kappa shape index (κ1) is 17.4. The summed E-state index contributed by atoms with van der Waals surface area (Å²) in [6, 6.07) is -0.286. The zero-order valence-electron chi connectivity index (χ0n) is 14.5. The molecule has 148 valence electrons. The molecule has 0 spiro atoms. The summed E-state index contributed by atoms with van der Waals surface area (Å²) in [6.45, 7) is 0.680. The van der Waals surface area contributed by atoms with Crippen molar-refractivity contribution >= 4 is 22.8 Å². The second-order valence-corrected chi connectivity index (χ2v) is 7.79. The average Bonchev–Trinajstić information content (AvgIpc) is 2.99. The fraction of sp³-hybridized carbons (Fsp3) is 0.529.